The topological polar surface area (TPSA) is 137 Å². The largest absolute Gasteiger partial charge is 0.497 e. The summed E-state index contributed by atoms with van der Waals surface area (Å²) in [5.41, 5.74) is 0.245. The second-order valence-corrected chi connectivity index (χ2v) is 5.84. The van der Waals surface area contributed by atoms with Crippen molar-refractivity contribution in [1.82, 2.24) is 5.32 Å². The summed E-state index contributed by atoms with van der Waals surface area (Å²) in [6.45, 7) is 0.883. The normalized spacial score (nSPS) is 11.1. The van der Waals surface area contributed by atoms with Crippen molar-refractivity contribution in [2.75, 3.05) is 19.0 Å². The van der Waals surface area contributed by atoms with E-state index >= 15 is 0 Å². The van der Waals surface area contributed by atoms with Crippen molar-refractivity contribution in [1.29, 1.82) is 0 Å². The van der Waals surface area contributed by atoms with Gasteiger partial charge in [-0.1, -0.05) is 12.1 Å². The number of benzene rings is 2. The number of ether oxygens (including phenoxy) is 2. The van der Waals surface area contributed by atoms with Crippen molar-refractivity contribution in [2.24, 2.45) is 0 Å². The molecular formula is C19H19N3O7. The van der Waals surface area contributed by atoms with E-state index in [0.717, 1.165) is 6.07 Å². The molecule has 2 aromatic rings. The number of nitro benzene ring substituents is 1. The molecule has 0 saturated carbocycles. The highest BCUT2D eigenvalue weighted by Crippen LogP contribution is 2.17. The second kappa shape index (κ2) is 9.83. The predicted octanol–water partition coefficient (Wildman–Crippen LogP) is 1.90. The van der Waals surface area contributed by atoms with Crippen LogP contribution in [0, 0.1) is 10.1 Å². The maximum Gasteiger partial charge on any atom is 0.326 e. The van der Waals surface area contributed by atoms with Crippen molar-refractivity contribution in [2.45, 2.75) is 13.0 Å². The number of methoxy groups -OCH3 is 1. The maximum absolute atomic E-state index is 12.1. The van der Waals surface area contributed by atoms with Crippen LogP contribution in [-0.4, -0.2) is 42.5 Å². The Bertz CT molecular complexity index is 930. The number of amides is 2. The summed E-state index contributed by atoms with van der Waals surface area (Å²) in [6.07, 6.45) is -1.11. The van der Waals surface area contributed by atoms with Crippen molar-refractivity contribution in [3.05, 3.63) is 64.2 Å². The first-order chi connectivity index (χ1) is 13.8. The lowest BCUT2D eigenvalue weighted by Crippen LogP contribution is -2.35. The zero-order valence-corrected chi connectivity index (χ0v) is 15.7. The van der Waals surface area contributed by atoms with E-state index in [1.54, 1.807) is 24.3 Å². The van der Waals surface area contributed by atoms with Crippen molar-refractivity contribution in [3.8, 4) is 5.75 Å². The summed E-state index contributed by atoms with van der Waals surface area (Å²) in [5.74, 6) is -1.52. The molecule has 2 aromatic carbocycles. The molecule has 0 heterocycles. The standard InChI is InChI=1S/C19H19N3O7/c1-12(18(24)21-14-6-4-8-16(10-14)28-2)29-17(23)11-20-19(25)13-5-3-7-15(9-13)22(26)27/h3-10,12H,11H2,1-2H3,(H,20,25)(H,21,24)/t12-/m1/s1. The maximum atomic E-state index is 12.1. The molecule has 0 unspecified atom stereocenters. The van der Waals surface area contributed by atoms with Crippen LogP contribution in [0.4, 0.5) is 11.4 Å². The molecule has 10 heteroatoms. The first kappa shape index (κ1) is 21.4. The van der Waals surface area contributed by atoms with Gasteiger partial charge in [-0.15, -0.1) is 0 Å². The van der Waals surface area contributed by atoms with E-state index in [0.29, 0.717) is 11.4 Å². The zero-order valence-electron chi connectivity index (χ0n) is 15.7. The first-order valence-corrected chi connectivity index (χ1v) is 8.47. The molecule has 0 bridgehead atoms. The van der Waals surface area contributed by atoms with Gasteiger partial charge in [0.15, 0.2) is 6.10 Å². The molecular weight excluding hydrogens is 382 g/mol. The van der Waals surface area contributed by atoms with E-state index in [2.05, 4.69) is 10.6 Å². The van der Waals surface area contributed by atoms with Crippen LogP contribution in [-0.2, 0) is 14.3 Å². The van der Waals surface area contributed by atoms with Crippen molar-refractivity contribution < 1.29 is 28.8 Å². The third-order valence-corrected chi connectivity index (χ3v) is 3.73. The van der Waals surface area contributed by atoms with Gasteiger partial charge in [0, 0.05) is 29.4 Å². The molecule has 0 radical (unpaired) electrons. The van der Waals surface area contributed by atoms with Crippen LogP contribution in [0.15, 0.2) is 48.5 Å². The summed E-state index contributed by atoms with van der Waals surface area (Å²) in [7, 11) is 1.49. The van der Waals surface area contributed by atoms with E-state index in [1.165, 1.54) is 32.2 Å². The second-order valence-electron chi connectivity index (χ2n) is 5.84. The summed E-state index contributed by atoms with van der Waals surface area (Å²) in [4.78, 5) is 46.1. The minimum atomic E-state index is -1.11. The number of rotatable bonds is 8. The van der Waals surface area contributed by atoms with Crippen LogP contribution in [0.3, 0.4) is 0 Å². The van der Waals surface area contributed by atoms with E-state index in [4.69, 9.17) is 9.47 Å². The van der Waals surface area contributed by atoms with Gasteiger partial charge in [-0.25, -0.2) is 0 Å². The molecule has 152 valence electrons. The van der Waals surface area contributed by atoms with Crippen LogP contribution in [0.25, 0.3) is 0 Å². The number of anilines is 1. The summed E-state index contributed by atoms with van der Waals surface area (Å²) < 4.78 is 10.0. The number of nitrogens with zero attached hydrogens (tertiary/aromatic N) is 1. The fourth-order valence-electron chi connectivity index (χ4n) is 2.25. The smallest absolute Gasteiger partial charge is 0.326 e. The predicted molar refractivity (Wildman–Crippen MR) is 103 cm³/mol. The molecule has 0 aromatic heterocycles. The van der Waals surface area contributed by atoms with Gasteiger partial charge < -0.3 is 20.1 Å². The van der Waals surface area contributed by atoms with Gasteiger partial charge >= 0.3 is 5.97 Å². The average molecular weight is 401 g/mol. The Kier molecular flexibility index (Phi) is 7.24. The lowest BCUT2D eigenvalue weighted by molar-refractivity contribution is -0.384. The molecule has 10 nitrogen and oxygen atoms in total. The Morgan fingerprint density at radius 2 is 1.86 bits per heavy atom. The van der Waals surface area contributed by atoms with Gasteiger partial charge in [0.25, 0.3) is 17.5 Å². The number of esters is 1. The number of non-ortho nitro benzene ring substituents is 1. The number of hydrogen-bond donors (Lipinski definition) is 2. The molecule has 29 heavy (non-hydrogen) atoms. The third kappa shape index (κ3) is 6.31. The summed E-state index contributed by atoms with van der Waals surface area (Å²) >= 11 is 0. The first-order valence-electron chi connectivity index (χ1n) is 8.47. The number of nitrogens with one attached hydrogen (secondary N) is 2. The van der Waals surface area contributed by atoms with Crippen LogP contribution < -0.4 is 15.4 Å². The van der Waals surface area contributed by atoms with E-state index in [1.807, 2.05) is 0 Å². The molecule has 2 amide bonds. The molecule has 0 aliphatic rings. The highest BCUT2D eigenvalue weighted by atomic mass is 16.6. The Morgan fingerprint density at radius 3 is 2.55 bits per heavy atom. The van der Waals surface area contributed by atoms with Gasteiger partial charge in [0.2, 0.25) is 0 Å². The number of nitro groups is 1. The Morgan fingerprint density at radius 1 is 1.14 bits per heavy atom. The number of carbonyl (C=O) groups excluding carboxylic acids is 3. The lowest BCUT2D eigenvalue weighted by Gasteiger charge is -2.14. The monoisotopic (exact) mass is 401 g/mol. The quantitative estimate of drug-likeness (QED) is 0.391. The zero-order chi connectivity index (χ0) is 21.4. The Balaban J connectivity index is 1.84. The van der Waals surface area contributed by atoms with E-state index in [-0.39, 0.29) is 11.3 Å². The molecule has 0 spiro atoms. The molecule has 2 N–H and O–H groups in total. The fraction of sp³-hybridized carbons (Fsp3) is 0.211. The minimum absolute atomic E-state index is 0.0239. The molecule has 0 aliphatic heterocycles. The van der Waals surface area contributed by atoms with Gasteiger partial charge in [0.1, 0.15) is 12.3 Å². The van der Waals surface area contributed by atoms with Gasteiger partial charge in [-0.3, -0.25) is 24.5 Å². The molecule has 0 fully saturated rings. The number of hydrogen-bond acceptors (Lipinski definition) is 7. The highest BCUT2D eigenvalue weighted by molar-refractivity contribution is 5.97. The van der Waals surface area contributed by atoms with Crippen LogP contribution in [0.1, 0.15) is 17.3 Å². The van der Waals surface area contributed by atoms with Crippen LogP contribution in [0.5, 0.6) is 5.75 Å². The van der Waals surface area contributed by atoms with Crippen LogP contribution in [0.2, 0.25) is 0 Å². The molecule has 2 rings (SSSR count). The van der Waals surface area contributed by atoms with Crippen molar-refractivity contribution >= 4 is 29.2 Å². The fourth-order valence-corrected chi connectivity index (χ4v) is 2.25. The molecule has 0 aliphatic carbocycles. The Hall–Kier alpha value is -3.95. The van der Waals surface area contributed by atoms with Crippen LogP contribution >= 0.6 is 0 Å². The van der Waals surface area contributed by atoms with Gasteiger partial charge in [-0.2, -0.15) is 0 Å². The minimum Gasteiger partial charge on any atom is -0.497 e. The SMILES string of the molecule is COc1cccc(NC(=O)[C@@H](C)OC(=O)CNC(=O)c2cccc([N+](=O)[O-])c2)c1. The average Bonchev–Trinajstić information content (AvgIpc) is 2.72. The lowest BCUT2D eigenvalue weighted by atomic mass is 10.2. The van der Waals surface area contributed by atoms with E-state index in [9.17, 15) is 24.5 Å². The summed E-state index contributed by atoms with van der Waals surface area (Å²) in [6, 6.07) is 11.7. The van der Waals surface area contributed by atoms with E-state index < -0.39 is 35.4 Å². The molecule has 1 atom stereocenters. The highest BCUT2D eigenvalue weighted by Gasteiger charge is 2.19. The van der Waals surface area contributed by atoms with Gasteiger partial charge in [0.05, 0.1) is 12.0 Å². The molecule has 0 saturated heterocycles. The van der Waals surface area contributed by atoms with Crippen molar-refractivity contribution in [3.63, 3.8) is 0 Å². The number of carbonyl (C=O) groups is 3. The Labute approximate surface area is 166 Å². The van der Waals surface area contributed by atoms with Gasteiger partial charge in [-0.05, 0) is 25.1 Å². The summed E-state index contributed by atoms with van der Waals surface area (Å²) in [5, 5.41) is 15.6. The third-order valence-electron chi connectivity index (χ3n) is 3.73.